The van der Waals surface area contributed by atoms with Gasteiger partial charge in [-0.05, 0) is 33.4 Å². The number of thiazole rings is 1. The van der Waals surface area contributed by atoms with Gasteiger partial charge in [0, 0.05) is 24.0 Å². The molecule has 1 aromatic heterocycles. The first-order valence-electron chi connectivity index (χ1n) is 5.38. The van der Waals surface area contributed by atoms with E-state index < -0.39 is 0 Å². The zero-order valence-electron chi connectivity index (χ0n) is 9.36. The Morgan fingerprint density at radius 3 is 2.87 bits per heavy atom. The molecule has 3 nitrogen and oxygen atoms in total. The molecular formula is C11H18N2OS. The van der Waals surface area contributed by atoms with E-state index in [-0.39, 0.29) is 5.60 Å². The summed E-state index contributed by atoms with van der Waals surface area (Å²) >= 11 is 1.77. The lowest BCUT2D eigenvalue weighted by molar-refractivity contribution is 0.140. The molecule has 0 saturated heterocycles. The second-order valence-electron chi connectivity index (χ2n) is 4.68. The van der Waals surface area contributed by atoms with Gasteiger partial charge < -0.3 is 10.0 Å². The van der Waals surface area contributed by atoms with Crippen molar-refractivity contribution in [1.29, 1.82) is 0 Å². The topological polar surface area (TPSA) is 36.4 Å². The third-order valence-corrected chi connectivity index (χ3v) is 3.75. The van der Waals surface area contributed by atoms with E-state index in [4.69, 9.17) is 0 Å². The van der Waals surface area contributed by atoms with Gasteiger partial charge in [-0.25, -0.2) is 4.98 Å². The molecule has 0 bridgehead atoms. The van der Waals surface area contributed by atoms with E-state index in [2.05, 4.69) is 24.0 Å². The number of aromatic nitrogens is 1. The van der Waals surface area contributed by atoms with Crippen LogP contribution in [0.5, 0.6) is 0 Å². The summed E-state index contributed by atoms with van der Waals surface area (Å²) in [5, 5.41) is 10.9. The Balaban J connectivity index is 1.84. The summed E-state index contributed by atoms with van der Waals surface area (Å²) in [7, 11) is 4.12. The van der Waals surface area contributed by atoms with Gasteiger partial charge in [0.15, 0.2) is 0 Å². The Bertz CT molecular complexity index is 331. The molecule has 1 aliphatic rings. The molecule has 1 aliphatic carbocycles. The molecule has 1 aromatic rings. The van der Waals surface area contributed by atoms with Crippen molar-refractivity contribution in [2.75, 3.05) is 14.1 Å². The van der Waals surface area contributed by atoms with Crippen LogP contribution in [0.3, 0.4) is 0 Å². The highest BCUT2D eigenvalue weighted by Gasteiger charge is 2.39. The van der Waals surface area contributed by atoms with E-state index in [9.17, 15) is 5.11 Å². The van der Waals surface area contributed by atoms with Gasteiger partial charge >= 0.3 is 0 Å². The average molecular weight is 226 g/mol. The molecule has 1 N–H and O–H groups in total. The van der Waals surface area contributed by atoms with Crippen LogP contribution in [0.15, 0.2) is 6.20 Å². The Labute approximate surface area is 94.8 Å². The van der Waals surface area contributed by atoms with Gasteiger partial charge in [0.2, 0.25) is 0 Å². The lowest BCUT2D eigenvalue weighted by Gasteiger charge is -2.06. The Kier molecular flexibility index (Phi) is 3.09. The first-order valence-corrected chi connectivity index (χ1v) is 6.20. The second-order valence-corrected chi connectivity index (χ2v) is 5.88. The second kappa shape index (κ2) is 4.20. The fraction of sp³-hybridized carbons (Fsp3) is 0.727. The number of aryl methyl sites for hydroxylation is 1. The fourth-order valence-electron chi connectivity index (χ4n) is 1.58. The molecule has 1 heterocycles. The normalized spacial score (nSPS) is 18.4. The molecule has 0 aliphatic heterocycles. The molecule has 4 heteroatoms. The van der Waals surface area contributed by atoms with Gasteiger partial charge in [-0.2, -0.15) is 0 Å². The van der Waals surface area contributed by atoms with E-state index >= 15 is 0 Å². The van der Waals surface area contributed by atoms with Crippen LogP contribution < -0.4 is 0 Å². The molecule has 0 amide bonds. The van der Waals surface area contributed by atoms with E-state index in [1.54, 1.807) is 11.3 Å². The van der Waals surface area contributed by atoms with Crippen molar-refractivity contribution in [3.63, 3.8) is 0 Å². The predicted molar refractivity (Wildman–Crippen MR) is 62.0 cm³/mol. The smallest absolute Gasteiger partial charge is 0.0929 e. The molecule has 0 atom stereocenters. The Morgan fingerprint density at radius 1 is 1.53 bits per heavy atom. The Hall–Kier alpha value is -0.450. The lowest BCUT2D eigenvalue weighted by atomic mass is 10.2. The van der Waals surface area contributed by atoms with Crippen molar-refractivity contribution >= 4 is 11.3 Å². The third-order valence-electron chi connectivity index (χ3n) is 2.70. The first-order chi connectivity index (χ1) is 7.07. The standard InChI is InChI=1S/C11H18N2OS/c1-13(2)8-9-7-12-10(15-9)3-4-11(14)5-6-11/h7,14H,3-6,8H2,1-2H3. The molecular weight excluding hydrogens is 208 g/mol. The minimum Gasteiger partial charge on any atom is -0.390 e. The van der Waals surface area contributed by atoms with Crippen molar-refractivity contribution in [3.8, 4) is 0 Å². The highest BCUT2D eigenvalue weighted by Crippen LogP contribution is 2.39. The van der Waals surface area contributed by atoms with Gasteiger partial charge in [-0.15, -0.1) is 11.3 Å². The zero-order chi connectivity index (χ0) is 10.9. The predicted octanol–water partition coefficient (Wildman–Crippen LogP) is 1.66. The maximum absolute atomic E-state index is 9.71. The molecule has 0 unspecified atom stereocenters. The fourth-order valence-corrected chi connectivity index (χ4v) is 2.62. The van der Waals surface area contributed by atoms with Crippen LogP contribution in [0.25, 0.3) is 0 Å². The van der Waals surface area contributed by atoms with Crippen molar-refractivity contribution in [1.82, 2.24) is 9.88 Å². The van der Waals surface area contributed by atoms with Gasteiger partial charge in [0.25, 0.3) is 0 Å². The largest absolute Gasteiger partial charge is 0.390 e. The number of aliphatic hydroxyl groups is 1. The van der Waals surface area contributed by atoms with Crippen LogP contribution in [0.2, 0.25) is 0 Å². The van der Waals surface area contributed by atoms with E-state index in [0.717, 1.165) is 37.2 Å². The number of hydrogen-bond acceptors (Lipinski definition) is 4. The third kappa shape index (κ3) is 3.26. The summed E-state index contributed by atoms with van der Waals surface area (Å²) < 4.78 is 0. The molecule has 15 heavy (non-hydrogen) atoms. The molecule has 0 radical (unpaired) electrons. The quantitative estimate of drug-likeness (QED) is 0.829. The molecule has 0 spiro atoms. The number of nitrogens with zero attached hydrogens (tertiary/aromatic N) is 2. The van der Waals surface area contributed by atoms with Crippen LogP contribution >= 0.6 is 11.3 Å². The van der Waals surface area contributed by atoms with Crippen molar-refractivity contribution < 1.29 is 5.11 Å². The number of rotatable bonds is 5. The molecule has 2 rings (SSSR count). The van der Waals surface area contributed by atoms with Crippen LogP contribution in [0, 0.1) is 0 Å². The van der Waals surface area contributed by atoms with E-state index in [1.807, 2.05) is 6.20 Å². The SMILES string of the molecule is CN(C)Cc1cnc(CCC2(O)CC2)s1. The van der Waals surface area contributed by atoms with Gasteiger partial charge in [0.05, 0.1) is 10.6 Å². The average Bonchev–Trinajstić information content (AvgIpc) is 2.73. The molecule has 1 fully saturated rings. The highest BCUT2D eigenvalue weighted by molar-refractivity contribution is 7.11. The summed E-state index contributed by atoms with van der Waals surface area (Å²) in [5.74, 6) is 0. The maximum Gasteiger partial charge on any atom is 0.0929 e. The molecule has 0 aromatic carbocycles. The summed E-state index contributed by atoms with van der Waals surface area (Å²) in [6.07, 6.45) is 5.71. The molecule has 84 valence electrons. The van der Waals surface area contributed by atoms with Gasteiger partial charge in [0.1, 0.15) is 0 Å². The summed E-state index contributed by atoms with van der Waals surface area (Å²) in [6.45, 7) is 0.960. The van der Waals surface area contributed by atoms with E-state index in [1.165, 1.54) is 4.88 Å². The minimum atomic E-state index is -0.340. The first kappa shape index (κ1) is 11.0. The zero-order valence-corrected chi connectivity index (χ0v) is 10.2. The van der Waals surface area contributed by atoms with Crippen molar-refractivity contribution in [2.24, 2.45) is 0 Å². The van der Waals surface area contributed by atoms with Crippen molar-refractivity contribution in [2.45, 2.75) is 37.8 Å². The van der Waals surface area contributed by atoms with Gasteiger partial charge in [-0.1, -0.05) is 0 Å². The molecule has 1 saturated carbocycles. The monoisotopic (exact) mass is 226 g/mol. The lowest BCUT2D eigenvalue weighted by Crippen LogP contribution is -2.09. The summed E-state index contributed by atoms with van der Waals surface area (Å²) in [4.78, 5) is 7.83. The summed E-state index contributed by atoms with van der Waals surface area (Å²) in [5.41, 5.74) is -0.340. The van der Waals surface area contributed by atoms with Crippen LogP contribution in [-0.4, -0.2) is 34.7 Å². The minimum absolute atomic E-state index is 0.340. The Morgan fingerprint density at radius 2 is 2.27 bits per heavy atom. The van der Waals surface area contributed by atoms with Crippen LogP contribution in [-0.2, 0) is 13.0 Å². The van der Waals surface area contributed by atoms with Crippen LogP contribution in [0.1, 0.15) is 29.1 Å². The summed E-state index contributed by atoms with van der Waals surface area (Å²) in [6, 6.07) is 0. The van der Waals surface area contributed by atoms with Gasteiger partial charge in [-0.3, -0.25) is 0 Å². The van der Waals surface area contributed by atoms with Crippen LogP contribution in [0.4, 0.5) is 0 Å². The maximum atomic E-state index is 9.71. The van der Waals surface area contributed by atoms with Crippen molar-refractivity contribution in [3.05, 3.63) is 16.1 Å². The number of hydrogen-bond donors (Lipinski definition) is 1. The highest BCUT2D eigenvalue weighted by atomic mass is 32.1. The van der Waals surface area contributed by atoms with E-state index in [0.29, 0.717) is 0 Å².